The second-order valence-electron chi connectivity index (χ2n) is 7.14. The number of tetrazole rings is 1. The molecule has 0 N–H and O–H groups in total. The molecule has 8 nitrogen and oxygen atoms in total. The van der Waals surface area contributed by atoms with Crippen LogP contribution in [0.5, 0.6) is 5.75 Å². The zero-order valence-electron chi connectivity index (χ0n) is 16.7. The third-order valence-electron chi connectivity index (χ3n) is 5.10. The maximum atomic E-state index is 5.53. The Kier molecular flexibility index (Phi) is 6.63. The van der Waals surface area contributed by atoms with Crippen molar-refractivity contribution in [3.05, 3.63) is 30.1 Å². The van der Waals surface area contributed by atoms with E-state index in [4.69, 9.17) is 9.47 Å². The van der Waals surface area contributed by atoms with Crippen molar-refractivity contribution in [2.45, 2.75) is 26.4 Å². The molecule has 0 aliphatic carbocycles. The fourth-order valence-corrected chi connectivity index (χ4v) is 3.78. The average molecular weight is 374 g/mol. The number of para-hydroxylation sites is 2. The third-order valence-corrected chi connectivity index (χ3v) is 5.10. The minimum atomic E-state index is 0.191. The molecule has 2 heterocycles. The van der Waals surface area contributed by atoms with Gasteiger partial charge in [-0.25, -0.2) is 4.68 Å². The van der Waals surface area contributed by atoms with Crippen molar-refractivity contribution < 1.29 is 9.47 Å². The molecule has 0 amide bonds. The molecule has 3 rings (SSSR count). The zero-order chi connectivity index (χ0) is 19.2. The monoisotopic (exact) mass is 374 g/mol. The first-order valence-corrected chi connectivity index (χ1v) is 9.52. The highest BCUT2D eigenvalue weighted by atomic mass is 16.5. The Morgan fingerprint density at radius 1 is 1.07 bits per heavy atom. The molecular weight excluding hydrogens is 344 g/mol. The molecule has 1 aromatic carbocycles. The number of hydrogen-bond acceptors (Lipinski definition) is 7. The summed E-state index contributed by atoms with van der Waals surface area (Å²) < 4.78 is 12.6. The van der Waals surface area contributed by atoms with Gasteiger partial charge in [-0.2, -0.15) is 0 Å². The van der Waals surface area contributed by atoms with Gasteiger partial charge in [0.2, 0.25) is 0 Å². The summed E-state index contributed by atoms with van der Waals surface area (Å²) in [7, 11) is 3.42. The Balaban J connectivity index is 1.72. The second kappa shape index (κ2) is 9.14. The first-order valence-electron chi connectivity index (χ1n) is 9.52. The molecule has 8 heteroatoms. The molecular formula is C19H30N6O2. The van der Waals surface area contributed by atoms with Crippen LogP contribution in [0, 0.1) is 5.92 Å². The number of piperazine rings is 1. The normalized spacial score (nSPS) is 16.7. The smallest absolute Gasteiger partial charge is 0.168 e. The largest absolute Gasteiger partial charge is 0.495 e. The van der Waals surface area contributed by atoms with E-state index in [0.717, 1.165) is 43.4 Å². The van der Waals surface area contributed by atoms with Crippen molar-refractivity contribution >= 4 is 5.69 Å². The molecule has 1 aliphatic rings. The van der Waals surface area contributed by atoms with Crippen molar-refractivity contribution in [1.82, 2.24) is 25.1 Å². The van der Waals surface area contributed by atoms with Crippen molar-refractivity contribution in [3.63, 3.8) is 0 Å². The molecule has 0 radical (unpaired) electrons. The second-order valence-corrected chi connectivity index (χ2v) is 7.14. The Morgan fingerprint density at radius 2 is 1.81 bits per heavy atom. The van der Waals surface area contributed by atoms with Crippen molar-refractivity contribution in [2.24, 2.45) is 5.92 Å². The van der Waals surface area contributed by atoms with E-state index in [1.54, 1.807) is 14.2 Å². The number of methoxy groups -OCH3 is 2. The standard InChI is InChI=1S/C19H30N6O2/c1-15(2)18(19-20-21-22-25(19)13-14-26-3)24-11-9-23(10-12-24)16-7-5-6-8-17(16)27-4/h5-8,15,18H,9-14H2,1-4H3/t18-/m0/s1. The Hall–Kier alpha value is -2.19. The first-order chi connectivity index (χ1) is 13.2. The first kappa shape index (κ1) is 19.6. The van der Waals surface area contributed by atoms with Crippen molar-refractivity contribution in [1.29, 1.82) is 0 Å². The number of hydrogen-bond donors (Lipinski definition) is 0. The molecule has 1 aliphatic heterocycles. The van der Waals surface area contributed by atoms with Gasteiger partial charge in [0.1, 0.15) is 5.75 Å². The van der Waals surface area contributed by atoms with Crippen LogP contribution in [0.1, 0.15) is 25.7 Å². The predicted molar refractivity (Wildman–Crippen MR) is 104 cm³/mol. The number of benzene rings is 1. The number of nitrogens with zero attached hydrogens (tertiary/aromatic N) is 6. The Labute approximate surface area is 161 Å². The minimum Gasteiger partial charge on any atom is -0.495 e. The van der Waals surface area contributed by atoms with Gasteiger partial charge in [0.15, 0.2) is 5.82 Å². The quantitative estimate of drug-likeness (QED) is 0.698. The molecule has 2 aromatic rings. The Bertz CT molecular complexity index is 712. The van der Waals surface area contributed by atoms with E-state index in [-0.39, 0.29) is 6.04 Å². The van der Waals surface area contributed by atoms with Gasteiger partial charge < -0.3 is 14.4 Å². The fourth-order valence-electron chi connectivity index (χ4n) is 3.78. The molecule has 148 valence electrons. The van der Waals surface area contributed by atoms with Gasteiger partial charge in [0.05, 0.1) is 32.0 Å². The topological polar surface area (TPSA) is 68.5 Å². The van der Waals surface area contributed by atoms with E-state index in [9.17, 15) is 0 Å². The summed E-state index contributed by atoms with van der Waals surface area (Å²) in [5.74, 6) is 2.26. The van der Waals surface area contributed by atoms with E-state index < -0.39 is 0 Å². The summed E-state index contributed by atoms with van der Waals surface area (Å²) in [5, 5.41) is 12.4. The van der Waals surface area contributed by atoms with Gasteiger partial charge in [0, 0.05) is 33.3 Å². The zero-order valence-corrected chi connectivity index (χ0v) is 16.7. The summed E-state index contributed by atoms with van der Waals surface area (Å²) in [6.07, 6.45) is 0. The lowest BCUT2D eigenvalue weighted by molar-refractivity contribution is 0.129. The van der Waals surface area contributed by atoms with E-state index >= 15 is 0 Å². The van der Waals surface area contributed by atoms with Gasteiger partial charge >= 0.3 is 0 Å². The fraction of sp³-hybridized carbons (Fsp3) is 0.632. The van der Waals surface area contributed by atoms with Crippen LogP contribution in [0.15, 0.2) is 24.3 Å². The third kappa shape index (κ3) is 4.39. The lowest BCUT2D eigenvalue weighted by atomic mass is 10.0. The van der Waals surface area contributed by atoms with Crippen LogP contribution in [0.4, 0.5) is 5.69 Å². The maximum absolute atomic E-state index is 5.53. The van der Waals surface area contributed by atoms with Gasteiger partial charge in [-0.05, 0) is 28.5 Å². The summed E-state index contributed by atoms with van der Waals surface area (Å²) in [6.45, 7) is 9.54. The van der Waals surface area contributed by atoms with E-state index in [1.807, 2.05) is 16.8 Å². The lowest BCUT2D eigenvalue weighted by Gasteiger charge is -2.41. The number of ether oxygens (including phenoxy) is 2. The number of rotatable bonds is 8. The van der Waals surface area contributed by atoms with Gasteiger partial charge in [-0.1, -0.05) is 26.0 Å². The van der Waals surface area contributed by atoms with E-state index in [0.29, 0.717) is 19.1 Å². The molecule has 27 heavy (non-hydrogen) atoms. The van der Waals surface area contributed by atoms with Crippen LogP contribution in [-0.4, -0.2) is 72.1 Å². The van der Waals surface area contributed by atoms with Gasteiger partial charge in [-0.3, -0.25) is 4.90 Å². The molecule has 0 spiro atoms. The maximum Gasteiger partial charge on any atom is 0.168 e. The number of anilines is 1. The predicted octanol–water partition coefficient (Wildman–Crippen LogP) is 1.85. The molecule has 0 unspecified atom stereocenters. The average Bonchev–Trinajstić information content (AvgIpc) is 3.14. The molecule has 1 aromatic heterocycles. The molecule has 1 atom stereocenters. The highest BCUT2D eigenvalue weighted by Crippen LogP contribution is 2.32. The Morgan fingerprint density at radius 3 is 2.48 bits per heavy atom. The molecule has 1 fully saturated rings. The summed E-state index contributed by atoms with van der Waals surface area (Å²) in [6, 6.07) is 8.40. The van der Waals surface area contributed by atoms with Crippen molar-refractivity contribution in [3.8, 4) is 5.75 Å². The van der Waals surface area contributed by atoms with Crippen LogP contribution in [0.3, 0.4) is 0 Å². The summed E-state index contributed by atoms with van der Waals surface area (Å²) in [4.78, 5) is 4.88. The molecule has 1 saturated heterocycles. The highest BCUT2D eigenvalue weighted by Gasteiger charge is 2.31. The van der Waals surface area contributed by atoms with Gasteiger partial charge in [0.25, 0.3) is 0 Å². The van der Waals surface area contributed by atoms with Gasteiger partial charge in [-0.15, -0.1) is 5.10 Å². The van der Waals surface area contributed by atoms with Crippen LogP contribution in [-0.2, 0) is 11.3 Å². The highest BCUT2D eigenvalue weighted by molar-refractivity contribution is 5.58. The van der Waals surface area contributed by atoms with E-state index in [2.05, 4.69) is 51.3 Å². The number of aromatic nitrogens is 4. The summed E-state index contributed by atoms with van der Waals surface area (Å²) >= 11 is 0. The molecule has 0 saturated carbocycles. The minimum absolute atomic E-state index is 0.191. The van der Waals surface area contributed by atoms with Crippen LogP contribution < -0.4 is 9.64 Å². The van der Waals surface area contributed by atoms with Crippen LogP contribution >= 0.6 is 0 Å². The summed E-state index contributed by atoms with van der Waals surface area (Å²) in [5.41, 5.74) is 1.16. The SMILES string of the molecule is COCCn1nnnc1[C@H](C(C)C)N1CCN(c2ccccc2OC)CC1. The van der Waals surface area contributed by atoms with E-state index in [1.165, 1.54) is 0 Å². The van der Waals surface area contributed by atoms with Crippen LogP contribution in [0.2, 0.25) is 0 Å². The van der Waals surface area contributed by atoms with Crippen LogP contribution in [0.25, 0.3) is 0 Å². The lowest BCUT2D eigenvalue weighted by Crippen LogP contribution is -2.49. The van der Waals surface area contributed by atoms with Crippen molar-refractivity contribution in [2.75, 3.05) is 51.9 Å². The molecule has 0 bridgehead atoms.